The largest absolute Gasteiger partial charge is 0.0530 e. The third kappa shape index (κ3) is 25.4. The minimum Gasteiger partial charge on any atom is -0.0530 e. The van der Waals surface area contributed by atoms with Crippen LogP contribution in [0.25, 0.3) is 0 Å². The highest BCUT2D eigenvalue weighted by Crippen LogP contribution is 2.65. The standard InChI is InChI=1S/C12H22.2C11H20.3C10H18.C9H16.C8H12.C8H14/c1-2-6-12-9-3-7-11(5-1)8-4-10-12;1-4-10-6-2-7-11(5-1)9-3-8-10;1-2-5-11-7-3-6-10(4-1)8-9-11;1-3-9-5-2-6-10(4-1)8-7-9;1-2-5-10-7-3-6-9(4-1)8-10;1-2-4-10-7-5-9(3-1)6-8-10;1-2-4-9-6-5-8(3-1)7-9;1-2-6-3-5(1)7-4-8(6)7;1-2-8-5-3-7(1)4-6-8/h11-12H,1-10H2;2*10-11H,1-9H2;3*9-10H,1-8H2;8-9H,1-7H2;5-8H,1-4H2;7-8H,1-6H2. The smallest absolute Gasteiger partial charge is 0.0352 e. The zero-order chi connectivity index (χ0) is 60.3. The van der Waals surface area contributed by atoms with Crippen LogP contribution >= 0.6 is 0 Å². The fraction of sp³-hybridized carbons (Fsp3) is 1.00. The lowest BCUT2D eigenvalue weighted by Gasteiger charge is -2.35. The van der Waals surface area contributed by atoms with Crippen LogP contribution in [-0.2, 0) is 0 Å². The number of rotatable bonds is 0. The van der Waals surface area contributed by atoms with Crippen LogP contribution in [0, 0.1) is 118 Å². The summed E-state index contributed by atoms with van der Waals surface area (Å²) in [7, 11) is 0. The zero-order valence-corrected chi connectivity index (χ0v) is 60.3. The van der Waals surface area contributed by atoms with Crippen molar-refractivity contribution in [1.29, 1.82) is 0 Å². The van der Waals surface area contributed by atoms with E-state index >= 15 is 0 Å². The van der Waals surface area contributed by atoms with Gasteiger partial charge in [-0.1, -0.05) is 405 Å². The molecule has 0 N–H and O–H groups in total. The normalized spacial score (nSPS) is 42.9. The molecule has 0 heteroatoms. The molecule has 18 bridgehead atoms. The Kier molecular flexibility index (Phi) is 31.6. The topological polar surface area (TPSA) is 0 Å². The van der Waals surface area contributed by atoms with Crippen molar-refractivity contribution < 1.29 is 0 Å². The summed E-state index contributed by atoms with van der Waals surface area (Å²) >= 11 is 0. The van der Waals surface area contributed by atoms with E-state index in [1.54, 1.807) is 321 Å². The van der Waals surface area contributed by atoms with E-state index in [4.69, 9.17) is 0 Å². The monoisotopic (exact) mass is 1230 g/mol. The molecule has 0 aromatic carbocycles. The van der Waals surface area contributed by atoms with Crippen LogP contribution in [0.5, 0.6) is 0 Å². The molecule has 23 fully saturated rings. The second kappa shape index (κ2) is 40.0. The molecule has 0 aliphatic heterocycles. The minimum absolute atomic E-state index is 1.11. The van der Waals surface area contributed by atoms with Gasteiger partial charge < -0.3 is 0 Å². The molecule has 0 saturated heterocycles. The first kappa shape index (κ1) is 70.3. The van der Waals surface area contributed by atoms with Crippen molar-refractivity contribution in [3.8, 4) is 0 Å². The Bertz CT molecular complexity index is 1590. The van der Waals surface area contributed by atoms with Crippen molar-refractivity contribution in [3.05, 3.63) is 0 Å². The molecule has 23 saturated carbocycles. The predicted octanol–water partition coefficient (Wildman–Crippen LogP) is 29.4. The van der Waals surface area contributed by atoms with E-state index in [1.807, 2.05) is 0 Å². The Labute approximate surface area is 558 Å². The summed E-state index contributed by atoms with van der Waals surface area (Å²) in [5.74, 6) is 23.1. The van der Waals surface area contributed by atoms with Gasteiger partial charge in [-0.3, -0.25) is 0 Å². The predicted molar refractivity (Wildman–Crippen MR) is 388 cm³/mol. The van der Waals surface area contributed by atoms with Crippen molar-refractivity contribution in [2.75, 3.05) is 0 Å². The van der Waals surface area contributed by atoms with Gasteiger partial charge in [-0.25, -0.2) is 0 Å². The highest BCUT2D eigenvalue weighted by molar-refractivity contribution is 5.06. The molecular formula is C89H158. The first-order valence-electron chi connectivity index (χ1n) is 44.0. The molecule has 89 heavy (non-hydrogen) atoms. The molecule has 23 rings (SSSR count). The third-order valence-electron chi connectivity index (χ3n) is 31.2. The Morgan fingerprint density at radius 1 is 0.0899 bits per heavy atom. The maximum absolute atomic E-state index is 1.62. The highest BCUT2D eigenvalue weighted by atomic mass is 14.6. The van der Waals surface area contributed by atoms with Gasteiger partial charge in [-0.2, -0.15) is 0 Å². The molecule has 0 heterocycles. The van der Waals surface area contributed by atoms with E-state index in [-0.39, 0.29) is 0 Å². The Balaban J connectivity index is 0.000000103. The van der Waals surface area contributed by atoms with Crippen LogP contribution in [-0.4, -0.2) is 0 Å². The van der Waals surface area contributed by atoms with Crippen LogP contribution < -0.4 is 0 Å². The quantitative estimate of drug-likeness (QED) is 0.227. The van der Waals surface area contributed by atoms with E-state index in [1.165, 1.54) is 146 Å². The van der Waals surface area contributed by atoms with Gasteiger partial charge in [0.1, 0.15) is 0 Å². The summed E-state index contributed by atoms with van der Waals surface area (Å²) in [4.78, 5) is 0. The first-order chi connectivity index (χ1) is 44.0. The van der Waals surface area contributed by atoms with Crippen molar-refractivity contribution in [3.63, 3.8) is 0 Å². The maximum Gasteiger partial charge on any atom is -0.0352 e. The van der Waals surface area contributed by atoms with Crippen molar-refractivity contribution in [1.82, 2.24) is 0 Å². The molecule has 0 aromatic heterocycles. The van der Waals surface area contributed by atoms with Crippen LogP contribution in [0.3, 0.4) is 0 Å². The molecule has 0 nitrogen and oxygen atoms in total. The lowest BCUT2D eigenvalue weighted by atomic mass is 9.71. The second-order valence-electron chi connectivity index (χ2n) is 37.6. The molecule has 514 valence electrons. The Morgan fingerprint density at radius 2 is 0.225 bits per heavy atom. The summed E-state index contributed by atoms with van der Waals surface area (Å²) in [6.45, 7) is 0. The Hall–Kier alpha value is 0. The van der Waals surface area contributed by atoms with E-state index in [0.717, 1.165) is 94.7 Å². The van der Waals surface area contributed by atoms with Gasteiger partial charge in [-0.05, 0) is 157 Å². The average molecular weight is 1230 g/mol. The summed E-state index contributed by atoms with van der Waals surface area (Å²) < 4.78 is 0. The van der Waals surface area contributed by atoms with Gasteiger partial charge in [0.05, 0.1) is 0 Å². The average Bonchev–Trinajstić information content (AvgIpc) is 1.68. The van der Waals surface area contributed by atoms with E-state index in [9.17, 15) is 0 Å². The molecule has 23 aliphatic carbocycles. The summed E-state index contributed by atoms with van der Waals surface area (Å²) in [6, 6.07) is 0. The highest BCUT2D eigenvalue weighted by Gasteiger charge is 2.57. The Morgan fingerprint density at radius 3 is 0.427 bits per heavy atom. The fourth-order valence-electron chi connectivity index (χ4n) is 25.2. The van der Waals surface area contributed by atoms with Crippen molar-refractivity contribution in [2.24, 2.45) is 118 Å². The van der Waals surface area contributed by atoms with Gasteiger partial charge in [-0.15, -0.1) is 0 Å². The van der Waals surface area contributed by atoms with Gasteiger partial charge in [0.25, 0.3) is 0 Å². The van der Waals surface area contributed by atoms with E-state index < -0.39 is 0 Å². The van der Waals surface area contributed by atoms with E-state index in [2.05, 4.69) is 0 Å². The molecule has 0 amide bonds. The molecule has 10 atom stereocenters. The van der Waals surface area contributed by atoms with Crippen LogP contribution in [0.4, 0.5) is 0 Å². The molecule has 0 spiro atoms. The lowest BCUT2D eigenvalue weighted by Crippen LogP contribution is -2.21. The van der Waals surface area contributed by atoms with Crippen LogP contribution in [0.2, 0.25) is 0 Å². The summed E-state index contributed by atoms with van der Waals surface area (Å²) in [5, 5.41) is 0. The summed E-state index contributed by atoms with van der Waals surface area (Å²) in [6.07, 6.45) is 107. The maximum atomic E-state index is 1.62. The van der Waals surface area contributed by atoms with Gasteiger partial charge >= 0.3 is 0 Å². The van der Waals surface area contributed by atoms with Gasteiger partial charge in [0, 0.05) is 0 Å². The molecular weight excluding hydrogens is 1070 g/mol. The first-order valence-corrected chi connectivity index (χ1v) is 44.0. The van der Waals surface area contributed by atoms with Crippen molar-refractivity contribution in [2.45, 2.75) is 443 Å². The summed E-state index contributed by atoms with van der Waals surface area (Å²) in [5.41, 5.74) is 0. The number of hydrogen-bond donors (Lipinski definition) is 0. The van der Waals surface area contributed by atoms with Gasteiger partial charge in [0.15, 0.2) is 0 Å². The van der Waals surface area contributed by atoms with Crippen LogP contribution in [0.1, 0.15) is 443 Å². The van der Waals surface area contributed by atoms with Crippen molar-refractivity contribution >= 4 is 0 Å². The minimum atomic E-state index is 1.11. The fourth-order valence-corrected chi connectivity index (χ4v) is 25.2. The number of hydrogen-bond acceptors (Lipinski definition) is 0. The van der Waals surface area contributed by atoms with E-state index in [0.29, 0.717) is 0 Å². The van der Waals surface area contributed by atoms with Gasteiger partial charge in [0.2, 0.25) is 0 Å². The molecule has 10 unspecified atom stereocenters. The number of fused-ring (bicyclic) bond motifs is 36. The SMILES string of the molecule is C1CC2CC1C1CC21.C1CC2CCC1CC2.C1CC2CCCC(C1)CC2.C1CC2CCCC(C1)CCC2.C1CCC2CCC(C1)C2.C1CCC2CCC(C1)CC2.C1CCC2CCCC(C1)C2.C1CCC2CCCC(C1)CC2.C1CCC2CCCC(C1)CCC2. The third-order valence-corrected chi connectivity index (χ3v) is 31.2. The zero-order valence-electron chi connectivity index (χ0n) is 60.3. The second-order valence-corrected chi connectivity index (χ2v) is 37.6. The molecule has 23 aliphatic rings. The molecule has 0 aromatic rings. The van der Waals surface area contributed by atoms with Crippen LogP contribution in [0.15, 0.2) is 0 Å². The molecule has 0 radical (unpaired) electrons. The lowest BCUT2D eigenvalue weighted by molar-refractivity contribution is 0.176.